The van der Waals surface area contributed by atoms with E-state index in [4.69, 9.17) is 18.9 Å². The first kappa shape index (κ1) is 27.0. The summed E-state index contributed by atoms with van der Waals surface area (Å²) in [7, 11) is 1.10. The topological polar surface area (TPSA) is 164 Å². The van der Waals surface area contributed by atoms with Crippen LogP contribution in [0.15, 0.2) is 30.3 Å². The number of aliphatic hydroxyl groups is 4. The summed E-state index contributed by atoms with van der Waals surface area (Å²) < 4.78 is 21.6. The lowest BCUT2D eigenvalue weighted by atomic mass is 9.88. The smallest absolute Gasteiger partial charge is 0.408 e. The van der Waals surface area contributed by atoms with Crippen molar-refractivity contribution in [2.45, 2.75) is 75.6 Å². The Hall–Kier alpha value is -2.28. The van der Waals surface area contributed by atoms with Gasteiger partial charge in [-0.25, -0.2) is 9.59 Å². The van der Waals surface area contributed by atoms with Gasteiger partial charge in [-0.05, 0) is 26.3 Å². The Kier molecular flexibility index (Phi) is 9.18. The zero-order valence-electron chi connectivity index (χ0n) is 19.1. The van der Waals surface area contributed by atoms with E-state index in [0.29, 0.717) is 5.56 Å². The van der Waals surface area contributed by atoms with Crippen molar-refractivity contribution < 1.29 is 49.0 Å². The third kappa shape index (κ3) is 7.10. The van der Waals surface area contributed by atoms with E-state index in [1.165, 1.54) is 0 Å². The SMILES string of the molecule is COC(=O)C1(OCc2ccccc2)CC(O)C(NC(=O)OC(C)(C)C)C([C@H](O)[C@H](O)CO)O1. The van der Waals surface area contributed by atoms with Crippen LogP contribution in [-0.2, 0) is 30.3 Å². The summed E-state index contributed by atoms with van der Waals surface area (Å²) in [5.41, 5.74) is -0.155. The molecule has 1 saturated heterocycles. The van der Waals surface area contributed by atoms with E-state index in [1.54, 1.807) is 51.1 Å². The molecule has 6 atom stereocenters. The second kappa shape index (κ2) is 11.2. The number of carbonyl (C=O) groups is 2. The number of rotatable bonds is 8. The fourth-order valence-electron chi connectivity index (χ4n) is 3.41. The van der Waals surface area contributed by atoms with E-state index in [0.717, 1.165) is 7.11 Å². The minimum Gasteiger partial charge on any atom is -0.465 e. The standard InChI is InChI=1S/C22H33NO10/c1-21(2,3)33-20(29)23-16-14(25)10-22(19(28)30-4,31-12-13-8-6-5-7-9-13)32-18(16)17(27)15(26)11-24/h5-9,14-18,24-27H,10-12H2,1-4H3,(H,23,29)/t14?,15-,16?,17-,18?,22?/m1/s1. The summed E-state index contributed by atoms with van der Waals surface area (Å²) >= 11 is 0. The van der Waals surface area contributed by atoms with Crippen molar-refractivity contribution in [3.8, 4) is 0 Å². The molecular formula is C22H33NO10. The van der Waals surface area contributed by atoms with E-state index in [9.17, 15) is 30.0 Å². The highest BCUT2D eigenvalue weighted by atomic mass is 16.7. The quantitative estimate of drug-likeness (QED) is 0.322. The second-order valence-corrected chi connectivity index (χ2v) is 8.79. The van der Waals surface area contributed by atoms with Crippen molar-refractivity contribution in [1.82, 2.24) is 5.32 Å². The Balaban J connectivity index is 2.35. The molecule has 1 fully saturated rings. The van der Waals surface area contributed by atoms with E-state index in [-0.39, 0.29) is 6.61 Å². The van der Waals surface area contributed by atoms with Gasteiger partial charge in [-0.1, -0.05) is 30.3 Å². The molecule has 186 valence electrons. The number of aliphatic hydroxyl groups excluding tert-OH is 4. The molecule has 0 saturated carbocycles. The lowest BCUT2D eigenvalue weighted by Crippen LogP contribution is -2.68. The number of hydrogen-bond acceptors (Lipinski definition) is 10. The first-order chi connectivity index (χ1) is 15.4. The van der Waals surface area contributed by atoms with Gasteiger partial charge in [0, 0.05) is 6.42 Å². The molecule has 1 aliphatic rings. The third-order valence-corrected chi connectivity index (χ3v) is 4.99. The minimum atomic E-state index is -2.16. The molecule has 0 bridgehead atoms. The molecule has 0 aliphatic carbocycles. The third-order valence-electron chi connectivity index (χ3n) is 4.99. The van der Waals surface area contributed by atoms with E-state index in [1.807, 2.05) is 0 Å². The molecule has 2 rings (SSSR count). The van der Waals surface area contributed by atoms with Crippen LogP contribution in [0.25, 0.3) is 0 Å². The summed E-state index contributed by atoms with van der Waals surface area (Å²) in [6.07, 6.45) is -7.93. The number of carbonyl (C=O) groups excluding carboxylic acids is 2. The number of ether oxygens (including phenoxy) is 4. The summed E-state index contributed by atoms with van der Waals surface area (Å²) in [4.78, 5) is 25.0. The second-order valence-electron chi connectivity index (χ2n) is 8.79. The van der Waals surface area contributed by atoms with Gasteiger partial charge in [0.05, 0.1) is 32.5 Å². The van der Waals surface area contributed by atoms with Crippen molar-refractivity contribution in [2.75, 3.05) is 13.7 Å². The number of amides is 1. The maximum atomic E-state index is 12.7. The van der Waals surface area contributed by atoms with Gasteiger partial charge in [-0.15, -0.1) is 0 Å². The molecule has 4 unspecified atom stereocenters. The highest BCUT2D eigenvalue weighted by Gasteiger charge is 2.56. The molecule has 11 nitrogen and oxygen atoms in total. The molecule has 1 aromatic carbocycles. The Morgan fingerprint density at radius 3 is 2.42 bits per heavy atom. The molecule has 11 heteroatoms. The lowest BCUT2D eigenvalue weighted by molar-refractivity contribution is -0.315. The van der Waals surface area contributed by atoms with Crippen LogP contribution in [0.3, 0.4) is 0 Å². The zero-order valence-corrected chi connectivity index (χ0v) is 19.1. The Morgan fingerprint density at radius 1 is 1.24 bits per heavy atom. The molecule has 1 heterocycles. The summed E-state index contributed by atoms with van der Waals surface area (Å²) in [6.45, 7) is 3.98. The van der Waals surface area contributed by atoms with Gasteiger partial charge in [0.15, 0.2) is 0 Å². The number of alkyl carbamates (subject to hydrolysis) is 1. The van der Waals surface area contributed by atoms with Crippen molar-refractivity contribution >= 4 is 12.1 Å². The van der Waals surface area contributed by atoms with Crippen molar-refractivity contribution in [2.24, 2.45) is 0 Å². The monoisotopic (exact) mass is 471 g/mol. The van der Waals surface area contributed by atoms with Gasteiger partial charge in [0.2, 0.25) is 0 Å². The first-order valence-corrected chi connectivity index (χ1v) is 10.5. The summed E-state index contributed by atoms with van der Waals surface area (Å²) in [5, 5.41) is 43.2. The van der Waals surface area contributed by atoms with Gasteiger partial charge in [0.1, 0.15) is 23.9 Å². The van der Waals surface area contributed by atoms with Crippen molar-refractivity contribution in [3.63, 3.8) is 0 Å². The van der Waals surface area contributed by atoms with Crippen molar-refractivity contribution in [3.05, 3.63) is 35.9 Å². The average Bonchev–Trinajstić information content (AvgIpc) is 2.77. The van der Waals surface area contributed by atoms with Gasteiger partial charge in [0.25, 0.3) is 5.79 Å². The first-order valence-electron chi connectivity index (χ1n) is 10.5. The lowest BCUT2D eigenvalue weighted by Gasteiger charge is -2.46. The largest absolute Gasteiger partial charge is 0.465 e. The predicted molar refractivity (Wildman–Crippen MR) is 114 cm³/mol. The number of nitrogens with one attached hydrogen (secondary N) is 1. The van der Waals surface area contributed by atoms with Crippen LogP contribution in [0.4, 0.5) is 4.79 Å². The Morgan fingerprint density at radius 2 is 1.88 bits per heavy atom. The Labute approximate surface area is 192 Å². The molecule has 0 aromatic heterocycles. The van der Waals surface area contributed by atoms with Crippen LogP contribution < -0.4 is 5.32 Å². The predicted octanol–water partition coefficient (Wildman–Crippen LogP) is -0.170. The fourth-order valence-corrected chi connectivity index (χ4v) is 3.41. The minimum absolute atomic E-state index is 0.0990. The zero-order chi connectivity index (χ0) is 24.8. The van der Waals surface area contributed by atoms with E-state index < -0.39 is 66.9 Å². The van der Waals surface area contributed by atoms with Gasteiger partial charge in [-0.2, -0.15) is 0 Å². The van der Waals surface area contributed by atoms with Crippen LogP contribution in [0.1, 0.15) is 32.8 Å². The van der Waals surface area contributed by atoms with Gasteiger partial charge in [-0.3, -0.25) is 0 Å². The van der Waals surface area contributed by atoms with Crippen molar-refractivity contribution in [1.29, 1.82) is 0 Å². The summed E-state index contributed by atoms with van der Waals surface area (Å²) in [5.74, 6) is -3.14. The maximum absolute atomic E-state index is 12.7. The molecule has 0 spiro atoms. The van der Waals surface area contributed by atoms with E-state index in [2.05, 4.69) is 5.32 Å². The fraction of sp³-hybridized carbons (Fsp3) is 0.636. The highest BCUT2D eigenvalue weighted by Crippen LogP contribution is 2.35. The molecule has 0 radical (unpaired) electrons. The van der Waals surface area contributed by atoms with E-state index >= 15 is 0 Å². The number of hydrogen-bond donors (Lipinski definition) is 5. The van der Waals surface area contributed by atoms with Crippen LogP contribution in [0, 0.1) is 0 Å². The molecular weight excluding hydrogens is 438 g/mol. The van der Waals surface area contributed by atoms with Crippen LogP contribution in [0.2, 0.25) is 0 Å². The Bertz CT molecular complexity index is 783. The molecule has 5 N–H and O–H groups in total. The van der Waals surface area contributed by atoms with Crippen LogP contribution in [0.5, 0.6) is 0 Å². The average molecular weight is 472 g/mol. The molecule has 1 aromatic rings. The van der Waals surface area contributed by atoms with Gasteiger partial charge >= 0.3 is 12.1 Å². The maximum Gasteiger partial charge on any atom is 0.408 e. The highest BCUT2D eigenvalue weighted by molar-refractivity contribution is 5.78. The van der Waals surface area contributed by atoms with Crippen LogP contribution in [-0.4, -0.2) is 88.1 Å². The summed E-state index contributed by atoms with van der Waals surface area (Å²) in [6, 6.07) is 7.53. The molecule has 1 amide bonds. The van der Waals surface area contributed by atoms with Gasteiger partial charge < -0.3 is 44.7 Å². The number of esters is 1. The molecule has 1 aliphatic heterocycles. The number of benzene rings is 1. The van der Waals surface area contributed by atoms with Crippen LogP contribution >= 0.6 is 0 Å². The molecule has 33 heavy (non-hydrogen) atoms. The normalized spacial score (nSPS) is 27.3. The number of methoxy groups -OCH3 is 1.